The summed E-state index contributed by atoms with van der Waals surface area (Å²) in [5, 5.41) is 0. The number of hydrogen-bond donors (Lipinski definition) is 1. The minimum absolute atomic E-state index is 0.0287. The predicted molar refractivity (Wildman–Crippen MR) is 77.4 cm³/mol. The van der Waals surface area contributed by atoms with Crippen molar-refractivity contribution in [1.82, 2.24) is 0 Å². The van der Waals surface area contributed by atoms with Gasteiger partial charge in [0.15, 0.2) is 17.3 Å². The minimum Gasteiger partial charge on any atom is -0.492 e. The number of methoxy groups -OCH3 is 1. The maximum absolute atomic E-state index is 11.8. The maximum Gasteiger partial charge on any atom is 0.180 e. The summed E-state index contributed by atoms with van der Waals surface area (Å²) in [7, 11) is 1.55. The Hall–Kier alpha value is -1.20. The van der Waals surface area contributed by atoms with Crippen LogP contribution in [0.5, 0.6) is 11.5 Å². The van der Waals surface area contributed by atoms with Gasteiger partial charge >= 0.3 is 0 Å². The molecule has 1 saturated heterocycles. The summed E-state index contributed by atoms with van der Waals surface area (Å²) in [5.74, 6) is 3.17. The van der Waals surface area contributed by atoms with Gasteiger partial charge in [-0.15, -0.1) is 0 Å². The molecule has 0 aromatic heterocycles. The molecule has 1 aromatic carbocycles. The van der Waals surface area contributed by atoms with E-state index in [0.29, 0.717) is 17.1 Å². The van der Waals surface area contributed by atoms with Gasteiger partial charge in [-0.05, 0) is 30.7 Å². The van der Waals surface area contributed by atoms with E-state index < -0.39 is 0 Å². The summed E-state index contributed by atoms with van der Waals surface area (Å²) in [4.78, 5) is 11.8. The number of benzene rings is 1. The largest absolute Gasteiger partial charge is 0.492 e. The van der Waals surface area contributed by atoms with Gasteiger partial charge in [0.05, 0.1) is 19.2 Å². The Morgan fingerprint density at radius 1 is 1.53 bits per heavy atom. The van der Waals surface area contributed by atoms with E-state index in [2.05, 4.69) is 0 Å². The molecule has 0 bridgehead atoms. The van der Waals surface area contributed by atoms with E-state index in [4.69, 9.17) is 15.2 Å². The minimum atomic E-state index is -0.139. The Balaban J connectivity index is 2.21. The van der Waals surface area contributed by atoms with Crippen LogP contribution >= 0.6 is 11.8 Å². The van der Waals surface area contributed by atoms with E-state index >= 15 is 0 Å². The zero-order valence-electron chi connectivity index (χ0n) is 11.1. The molecule has 0 spiro atoms. The van der Waals surface area contributed by atoms with Crippen LogP contribution in [-0.2, 0) is 0 Å². The lowest BCUT2D eigenvalue weighted by Crippen LogP contribution is -2.24. The first-order valence-electron chi connectivity index (χ1n) is 6.41. The van der Waals surface area contributed by atoms with Gasteiger partial charge < -0.3 is 15.2 Å². The number of rotatable bonds is 5. The van der Waals surface area contributed by atoms with Crippen LogP contribution in [0.4, 0.5) is 0 Å². The third kappa shape index (κ3) is 3.42. The van der Waals surface area contributed by atoms with Crippen molar-refractivity contribution in [2.24, 2.45) is 5.73 Å². The van der Waals surface area contributed by atoms with Crippen molar-refractivity contribution in [3.63, 3.8) is 0 Å². The van der Waals surface area contributed by atoms with Crippen LogP contribution in [0.1, 0.15) is 23.2 Å². The smallest absolute Gasteiger partial charge is 0.180 e. The van der Waals surface area contributed by atoms with Crippen molar-refractivity contribution >= 4 is 17.5 Å². The van der Waals surface area contributed by atoms with E-state index in [1.165, 1.54) is 12.2 Å². The standard InChI is InChI=1S/C14H19NO3S/c1-17-14-11(12(16)8-15)5-2-6-13(14)18-10-4-3-7-19-9-10/h2,5-6,10H,3-4,7-9,15H2,1H3. The number of Topliss-reactive ketones (excluding diaryl/α,β-unsaturated/α-hetero) is 1. The summed E-state index contributed by atoms with van der Waals surface area (Å²) in [5.41, 5.74) is 5.90. The molecule has 1 aromatic rings. The molecular formula is C14H19NO3S. The van der Waals surface area contributed by atoms with E-state index in [0.717, 1.165) is 12.2 Å². The molecule has 0 aliphatic carbocycles. The number of para-hydroxylation sites is 1. The Kier molecular flexibility index (Phi) is 5.10. The topological polar surface area (TPSA) is 61.5 Å². The monoisotopic (exact) mass is 281 g/mol. The van der Waals surface area contributed by atoms with Crippen LogP contribution in [0.2, 0.25) is 0 Å². The number of ketones is 1. The van der Waals surface area contributed by atoms with Gasteiger partial charge in [-0.1, -0.05) is 6.07 Å². The molecule has 19 heavy (non-hydrogen) atoms. The first-order valence-corrected chi connectivity index (χ1v) is 7.56. The molecule has 104 valence electrons. The predicted octanol–water partition coefficient (Wildman–Crippen LogP) is 2.11. The second kappa shape index (κ2) is 6.82. The highest BCUT2D eigenvalue weighted by molar-refractivity contribution is 7.99. The van der Waals surface area contributed by atoms with Crippen LogP contribution in [-0.4, -0.2) is 37.0 Å². The summed E-state index contributed by atoms with van der Waals surface area (Å²) < 4.78 is 11.3. The molecule has 2 N–H and O–H groups in total. The van der Waals surface area contributed by atoms with Crippen LogP contribution in [0, 0.1) is 0 Å². The average molecular weight is 281 g/mol. The first kappa shape index (κ1) is 14.2. The van der Waals surface area contributed by atoms with Gasteiger partial charge in [-0.25, -0.2) is 0 Å². The molecule has 0 saturated carbocycles. The van der Waals surface area contributed by atoms with Crippen molar-refractivity contribution in [2.75, 3.05) is 25.2 Å². The number of thioether (sulfide) groups is 1. The SMILES string of the molecule is COc1c(OC2CCCSC2)cccc1C(=O)CN. The molecule has 4 nitrogen and oxygen atoms in total. The highest BCUT2D eigenvalue weighted by Gasteiger charge is 2.20. The van der Waals surface area contributed by atoms with Gasteiger partial charge in [-0.2, -0.15) is 11.8 Å². The van der Waals surface area contributed by atoms with Crippen LogP contribution < -0.4 is 15.2 Å². The molecular weight excluding hydrogens is 262 g/mol. The van der Waals surface area contributed by atoms with E-state index in [-0.39, 0.29) is 18.4 Å². The third-order valence-corrected chi connectivity index (χ3v) is 4.27. The van der Waals surface area contributed by atoms with Gasteiger partial charge in [0.2, 0.25) is 0 Å². The zero-order valence-corrected chi connectivity index (χ0v) is 11.9. The Labute approximate surface area is 117 Å². The molecule has 2 rings (SSSR count). The molecule has 1 unspecified atom stereocenters. The molecule has 1 atom stereocenters. The van der Waals surface area contributed by atoms with Gasteiger partial charge in [-0.3, -0.25) is 4.79 Å². The third-order valence-electron chi connectivity index (χ3n) is 3.08. The lowest BCUT2D eigenvalue weighted by atomic mass is 10.1. The zero-order chi connectivity index (χ0) is 13.7. The normalized spacial score (nSPS) is 18.9. The fraction of sp³-hybridized carbons (Fsp3) is 0.500. The number of ether oxygens (including phenoxy) is 2. The fourth-order valence-electron chi connectivity index (χ4n) is 2.13. The number of nitrogens with two attached hydrogens (primary N) is 1. The van der Waals surface area contributed by atoms with Crippen molar-refractivity contribution < 1.29 is 14.3 Å². The highest BCUT2D eigenvalue weighted by Crippen LogP contribution is 2.33. The van der Waals surface area contributed by atoms with Gasteiger partial charge in [0, 0.05) is 5.75 Å². The summed E-state index contributed by atoms with van der Waals surface area (Å²) in [6, 6.07) is 5.36. The Morgan fingerprint density at radius 2 is 2.37 bits per heavy atom. The van der Waals surface area contributed by atoms with Gasteiger partial charge in [0.1, 0.15) is 6.10 Å². The summed E-state index contributed by atoms with van der Waals surface area (Å²) in [6.45, 7) is -0.0287. The molecule has 1 heterocycles. The lowest BCUT2D eigenvalue weighted by molar-refractivity contribution is 0.0996. The fourth-order valence-corrected chi connectivity index (χ4v) is 3.17. The first-order chi connectivity index (χ1) is 9.26. The molecule has 5 heteroatoms. The quantitative estimate of drug-likeness (QED) is 0.838. The number of hydrogen-bond acceptors (Lipinski definition) is 5. The van der Waals surface area contributed by atoms with E-state index in [1.54, 1.807) is 19.2 Å². The molecule has 1 aliphatic rings. The Bertz CT molecular complexity index is 444. The van der Waals surface area contributed by atoms with Crippen molar-refractivity contribution in [3.05, 3.63) is 23.8 Å². The van der Waals surface area contributed by atoms with Crippen molar-refractivity contribution in [1.29, 1.82) is 0 Å². The van der Waals surface area contributed by atoms with Crippen LogP contribution in [0.25, 0.3) is 0 Å². The maximum atomic E-state index is 11.8. The molecule has 1 fully saturated rings. The second-order valence-corrected chi connectivity index (χ2v) is 5.57. The Morgan fingerprint density at radius 3 is 3.00 bits per heavy atom. The van der Waals surface area contributed by atoms with Crippen molar-refractivity contribution in [3.8, 4) is 11.5 Å². The number of carbonyl (C=O) groups excluding carboxylic acids is 1. The van der Waals surface area contributed by atoms with E-state index in [9.17, 15) is 4.79 Å². The van der Waals surface area contributed by atoms with Crippen molar-refractivity contribution in [2.45, 2.75) is 18.9 Å². The second-order valence-electron chi connectivity index (χ2n) is 4.42. The van der Waals surface area contributed by atoms with Crippen LogP contribution in [0.15, 0.2) is 18.2 Å². The molecule has 0 radical (unpaired) electrons. The van der Waals surface area contributed by atoms with Crippen LogP contribution in [0.3, 0.4) is 0 Å². The number of carbonyl (C=O) groups is 1. The molecule has 1 aliphatic heterocycles. The van der Waals surface area contributed by atoms with Gasteiger partial charge in [0.25, 0.3) is 0 Å². The summed E-state index contributed by atoms with van der Waals surface area (Å²) in [6.07, 6.45) is 2.40. The average Bonchev–Trinajstić information content (AvgIpc) is 2.47. The highest BCUT2D eigenvalue weighted by atomic mass is 32.2. The summed E-state index contributed by atoms with van der Waals surface area (Å²) >= 11 is 1.90. The lowest BCUT2D eigenvalue weighted by Gasteiger charge is -2.24. The van der Waals surface area contributed by atoms with E-state index in [1.807, 2.05) is 17.8 Å². The molecule has 0 amide bonds.